The Labute approximate surface area is 144 Å². The van der Waals surface area contributed by atoms with E-state index in [2.05, 4.69) is 17.1 Å². The van der Waals surface area contributed by atoms with Gasteiger partial charge in [0.2, 0.25) is 0 Å². The van der Waals surface area contributed by atoms with Gasteiger partial charge in [0.15, 0.2) is 0 Å². The van der Waals surface area contributed by atoms with E-state index >= 15 is 0 Å². The number of unbranched alkanes of at least 4 members (excludes halogenated alkanes) is 2. The molecule has 0 aliphatic carbocycles. The predicted molar refractivity (Wildman–Crippen MR) is 92.2 cm³/mol. The van der Waals surface area contributed by atoms with Crippen LogP contribution in [0.3, 0.4) is 0 Å². The van der Waals surface area contributed by atoms with E-state index in [0.29, 0.717) is 5.56 Å². The van der Waals surface area contributed by atoms with E-state index in [1.807, 2.05) is 0 Å². The van der Waals surface area contributed by atoms with Crippen molar-refractivity contribution in [3.63, 3.8) is 0 Å². The molecule has 0 unspecified atom stereocenters. The van der Waals surface area contributed by atoms with Crippen molar-refractivity contribution in [2.24, 2.45) is 0 Å². The van der Waals surface area contributed by atoms with E-state index in [-0.39, 0.29) is 42.5 Å². The molecule has 0 saturated carbocycles. The van der Waals surface area contributed by atoms with Crippen molar-refractivity contribution in [3.8, 4) is 0 Å². The monoisotopic (exact) mass is 354 g/mol. The highest BCUT2D eigenvalue weighted by molar-refractivity contribution is 5.85. The van der Waals surface area contributed by atoms with Gasteiger partial charge in [0, 0.05) is 37.8 Å². The smallest absolute Gasteiger partial charge is 0.128 e. The maximum absolute atomic E-state index is 14.1. The van der Waals surface area contributed by atoms with Gasteiger partial charge < -0.3 is 5.32 Å². The molecule has 0 bridgehead atoms. The van der Waals surface area contributed by atoms with Gasteiger partial charge in [-0.15, -0.1) is 24.8 Å². The Hall–Kier alpha value is -0.420. The molecule has 1 N–H and O–H groups in total. The minimum Gasteiger partial charge on any atom is -0.314 e. The lowest BCUT2D eigenvalue weighted by atomic mass is 9.97. The van der Waals surface area contributed by atoms with Crippen molar-refractivity contribution in [2.45, 2.75) is 38.6 Å². The molecule has 0 aromatic heterocycles. The van der Waals surface area contributed by atoms with Crippen LogP contribution >= 0.6 is 24.8 Å². The highest BCUT2D eigenvalue weighted by atomic mass is 35.5. The van der Waals surface area contributed by atoms with Crippen molar-refractivity contribution >= 4 is 24.8 Å². The van der Waals surface area contributed by atoms with Gasteiger partial charge >= 0.3 is 0 Å². The largest absolute Gasteiger partial charge is 0.314 e. The molecule has 1 aromatic carbocycles. The zero-order valence-corrected chi connectivity index (χ0v) is 14.6. The molecule has 2 nitrogen and oxygen atoms in total. The molecule has 1 fully saturated rings. The summed E-state index contributed by atoms with van der Waals surface area (Å²) in [5.74, 6) is -0.636. The average molecular weight is 355 g/mol. The number of hydrogen-bond donors (Lipinski definition) is 1. The maximum Gasteiger partial charge on any atom is 0.128 e. The number of rotatable bonds is 6. The lowest BCUT2D eigenvalue weighted by molar-refractivity contribution is 0.159. The first-order valence-corrected chi connectivity index (χ1v) is 7.62. The standard InChI is InChI=1S/C16H24F2N2.2ClH/c1-2-3-4-5-16(20-10-8-19-9-11-20)14-12-13(17)6-7-15(14)18;;/h6-7,12,16,19H,2-5,8-11H2,1H3;2*1H/t16-;;/m0../s1. The number of piperazine rings is 1. The molecule has 1 saturated heterocycles. The fourth-order valence-corrected chi connectivity index (χ4v) is 2.89. The predicted octanol–water partition coefficient (Wildman–Crippen LogP) is 4.34. The van der Waals surface area contributed by atoms with Crippen LogP contribution in [-0.2, 0) is 0 Å². The number of nitrogens with one attached hydrogen (secondary N) is 1. The Morgan fingerprint density at radius 2 is 1.82 bits per heavy atom. The third kappa shape index (κ3) is 5.99. The number of halogens is 4. The summed E-state index contributed by atoms with van der Waals surface area (Å²) in [6.45, 7) is 5.78. The fraction of sp³-hybridized carbons (Fsp3) is 0.625. The summed E-state index contributed by atoms with van der Waals surface area (Å²) in [4.78, 5) is 2.28. The first-order valence-electron chi connectivity index (χ1n) is 7.62. The first kappa shape index (κ1) is 21.6. The van der Waals surface area contributed by atoms with Gasteiger partial charge in [0.05, 0.1) is 0 Å². The van der Waals surface area contributed by atoms with Crippen LogP contribution in [0.15, 0.2) is 18.2 Å². The van der Waals surface area contributed by atoms with Crippen molar-refractivity contribution < 1.29 is 8.78 Å². The van der Waals surface area contributed by atoms with Crippen molar-refractivity contribution in [1.29, 1.82) is 0 Å². The molecule has 0 spiro atoms. The van der Waals surface area contributed by atoms with Crippen LogP contribution in [0.4, 0.5) is 8.78 Å². The minimum atomic E-state index is -0.350. The van der Waals surface area contributed by atoms with Crippen LogP contribution in [0, 0.1) is 11.6 Å². The summed E-state index contributed by atoms with van der Waals surface area (Å²) in [5.41, 5.74) is 0.517. The van der Waals surface area contributed by atoms with Crippen molar-refractivity contribution in [3.05, 3.63) is 35.4 Å². The number of hydrogen-bond acceptors (Lipinski definition) is 2. The van der Waals surface area contributed by atoms with Gasteiger partial charge in [0.25, 0.3) is 0 Å². The maximum atomic E-state index is 14.1. The second kappa shape index (κ2) is 11.2. The normalized spacial score (nSPS) is 16.5. The zero-order valence-electron chi connectivity index (χ0n) is 13.0. The molecule has 2 rings (SSSR count). The summed E-state index contributed by atoms with van der Waals surface area (Å²) in [5, 5.41) is 3.30. The van der Waals surface area contributed by atoms with E-state index in [9.17, 15) is 8.78 Å². The van der Waals surface area contributed by atoms with Gasteiger partial charge in [0.1, 0.15) is 11.6 Å². The zero-order chi connectivity index (χ0) is 14.4. The van der Waals surface area contributed by atoms with Crippen LogP contribution in [-0.4, -0.2) is 31.1 Å². The molecule has 22 heavy (non-hydrogen) atoms. The van der Waals surface area contributed by atoms with Gasteiger partial charge in [-0.2, -0.15) is 0 Å². The van der Waals surface area contributed by atoms with E-state index < -0.39 is 0 Å². The molecule has 1 aromatic rings. The third-order valence-corrected chi connectivity index (χ3v) is 3.99. The SMILES string of the molecule is CCCCC[C@@H](c1cc(F)ccc1F)N1CCNCC1.Cl.Cl. The molecular weight excluding hydrogens is 329 g/mol. The Morgan fingerprint density at radius 3 is 2.45 bits per heavy atom. The van der Waals surface area contributed by atoms with Crippen LogP contribution in [0.1, 0.15) is 44.2 Å². The number of benzene rings is 1. The summed E-state index contributed by atoms with van der Waals surface area (Å²) in [6.07, 6.45) is 4.23. The van der Waals surface area contributed by atoms with Gasteiger partial charge in [-0.3, -0.25) is 4.90 Å². The molecule has 0 amide bonds. The molecule has 6 heteroatoms. The van der Waals surface area contributed by atoms with Crippen LogP contribution in [0.25, 0.3) is 0 Å². The quantitative estimate of drug-likeness (QED) is 0.764. The first-order chi connectivity index (χ1) is 9.72. The van der Waals surface area contributed by atoms with E-state index in [1.54, 1.807) is 0 Å². The van der Waals surface area contributed by atoms with Crippen LogP contribution < -0.4 is 5.32 Å². The molecular formula is C16H26Cl2F2N2. The Kier molecular flexibility index (Phi) is 11.0. The molecule has 1 aliphatic heterocycles. The van der Waals surface area contributed by atoms with E-state index in [1.165, 1.54) is 18.2 Å². The Morgan fingerprint density at radius 1 is 1.14 bits per heavy atom. The molecule has 128 valence electrons. The summed E-state index contributed by atoms with van der Waals surface area (Å²) >= 11 is 0. The summed E-state index contributed by atoms with van der Waals surface area (Å²) < 4.78 is 27.5. The molecule has 1 heterocycles. The minimum absolute atomic E-state index is 0. The second-order valence-electron chi connectivity index (χ2n) is 5.46. The summed E-state index contributed by atoms with van der Waals surface area (Å²) in [6, 6.07) is 3.81. The van der Waals surface area contributed by atoms with Crippen LogP contribution in [0.5, 0.6) is 0 Å². The van der Waals surface area contributed by atoms with Gasteiger partial charge in [-0.05, 0) is 24.6 Å². The van der Waals surface area contributed by atoms with Crippen molar-refractivity contribution in [1.82, 2.24) is 10.2 Å². The van der Waals surface area contributed by atoms with E-state index in [0.717, 1.165) is 51.9 Å². The molecule has 1 atom stereocenters. The second-order valence-corrected chi connectivity index (χ2v) is 5.46. The lowest BCUT2D eigenvalue weighted by Gasteiger charge is -2.35. The topological polar surface area (TPSA) is 15.3 Å². The molecule has 1 aliphatic rings. The Balaban J connectivity index is 0.00000220. The third-order valence-electron chi connectivity index (χ3n) is 3.99. The van der Waals surface area contributed by atoms with Gasteiger partial charge in [-0.25, -0.2) is 8.78 Å². The fourth-order valence-electron chi connectivity index (χ4n) is 2.89. The average Bonchev–Trinajstić information content (AvgIpc) is 2.48. The van der Waals surface area contributed by atoms with E-state index in [4.69, 9.17) is 0 Å². The Bertz CT molecular complexity index is 427. The molecule has 0 radical (unpaired) electrons. The highest BCUT2D eigenvalue weighted by Gasteiger charge is 2.24. The highest BCUT2D eigenvalue weighted by Crippen LogP contribution is 2.29. The summed E-state index contributed by atoms with van der Waals surface area (Å²) in [7, 11) is 0. The lowest BCUT2D eigenvalue weighted by Crippen LogP contribution is -2.45. The van der Waals surface area contributed by atoms with Crippen molar-refractivity contribution in [2.75, 3.05) is 26.2 Å². The van der Waals surface area contributed by atoms with Crippen LogP contribution in [0.2, 0.25) is 0 Å². The van der Waals surface area contributed by atoms with Gasteiger partial charge in [-0.1, -0.05) is 26.2 Å². The number of nitrogens with zero attached hydrogens (tertiary/aromatic N) is 1.